The van der Waals surface area contributed by atoms with Gasteiger partial charge >= 0.3 is 5.97 Å². The summed E-state index contributed by atoms with van der Waals surface area (Å²) in [6, 6.07) is 3.50. The van der Waals surface area contributed by atoms with Gasteiger partial charge in [-0.15, -0.1) is 11.3 Å². The molecule has 2 rings (SSSR count). The molecule has 0 bridgehead atoms. The maximum atomic E-state index is 13.1. The van der Waals surface area contributed by atoms with Gasteiger partial charge in [-0.25, -0.2) is 17.6 Å². The number of esters is 1. The number of carbonyl (C=O) groups is 1. The third-order valence-corrected chi connectivity index (χ3v) is 4.86. The van der Waals surface area contributed by atoms with Crippen LogP contribution in [0.5, 0.6) is 0 Å². The fourth-order valence-electron chi connectivity index (χ4n) is 1.52. The minimum absolute atomic E-state index is 0.159. The smallest absolute Gasteiger partial charge is 0.349 e. The highest BCUT2D eigenvalue weighted by atomic mass is 35.7. The molecule has 0 aliphatic rings. The summed E-state index contributed by atoms with van der Waals surface area (Å²) < 4.78 is 40.9. The Labute approximate surface area is 110 Å². The van der Waals surface area contributed by atoms with Crippen LogP contribution in [0.15, 0.2) is 23.1 Å². The van der Waals surface area contributed by atoms with Crippen LogP contribution in [0.1, 0.15) is 9.67 Å². The molecule has 2 aromatic rings. The number of thiophene rings is 1. The first-order valence-corrected chi connectivity index (χ1v) is 7.72. The summed E-state index contributed by atoms with van der Waals surface area (Å²) in [6.07, 6.45) is 0. The molecule has 0 saturated heterocycles. The van der Waals surface area contributed by atoms with Crippen LogP contribution >= 0.6 is 22.0 Å². The summed E-state index contributed by atoms with van der Waals surface area (Å²) in [5.74, 6) is -1.35. The van der Waals surface area contributed by atoms with E-state index in [4.69, 9.17) is 10.7 Å². The van der Waals surface area contributed by atoms with Gasteiger partial charge in [0.15, 0.2) is 0 Å². The van der Waals surface area contributed by atoms with Crippen molar-refractivity contribution in [3.05, 3.63) is 28.9 Å². The molecule has 0 saturated carbocycles. The summed E-state index contributed by atoms with van der Waals surface area (Å²) in [5.41, 5.74) is 0. The monoisotopic (exact) mass is 308 g/mol. The zero-order valence-corrected chi connectivity index (χ0v) is 11.3. The van der Waals surface area contributed by atoms with Gasteiger partial charge in [-0.05, 0) is 18.2 Å². The molecule has 0 unspecified atom stereocenters. The Morgan fingerprint density at radius 2 is 2.11 bits per heavy atom. The van der Waals surface area contributed by atoms with Crippen LogP contribution < -0.4 is 0 Å². The number of rotatable bonds is 2. The lowest BCUT2D eigenvalue weighted by Gasteiger charge is -1.98. The molecular weight excluding hydrogens is 303 g/mol. The molecule has 1 heterocycles. The fourth-order valence-corrected chi connectivity index (χ4v) is 4.44. The Morgan fingerprint density at radius 1 is 1.44 bits per heavy atom. The van der Waals surface area contributed by atoms with Crippen LogP contribution in [0.25, 0.3) is 10.1 Å². The van der Waals surface area contributed by atoms with Crippen molar-refractivity contribution in [1.82, 2.24) is 0 Å². The molecule has 96 valence electrons. The van der Waals surface area contributed by atoms with Crippen molar-refractivity contribution < 1.29 is 22.3 Å². The lowest BCUT2D eigenvalue weighted by Crippen LogP contribution is -2.03. The zero-order valence-electron chi connectivity index (χ0n) is 8.94. The Bertz CT molecular complexity index is 736. The maximum absolute atomic E-state index is 13.1. The van der Waals surface area contributed by atoms with Crippen molar-refractivity contribution in [3.63, 3.8) is 0 Å². The fraction of sp³-hybridized carbons (Fsp3) is 0.100. The highest BCUT2D eigenvalue weighted by Gasteiger charge is 2.27. The van der Waals surface area contributed by atoms with E-state index in [1.54, 1.807) is 0 Å². The van der Waals surface area contributed by atoms with Crippen LogP contribution in [-0.4, -0.2) is 21.5 Å². The number of carbonyl (C=O) groups excluding carboxylic acids is 1. The first kappa shape index (κ1) is 13.3. The molecule has 1 aromatic carbocycles. The molecule has 0 N–H and O–H groups in total. The van der Waals surface area contributed by atoms with Crippen LogP contribution in [0.4, 0.5) is 4.39 Å². The predicted molar refractivity (Wildman–Crippen MR) is 66.2 cm³/mol. The lowest BCUT2D eigenvalue weighted by molar-refractivity contribution is 0.0602. The lowest BCUT2D eigenvalue weighted by atomic mass is 10.2. The molecule has 0 atom stereocenters. The molecule has 0 aliphatic heterocycles. The molecule has 0 fully saturated rings. The van der Waals surface area contributed by atoms with Crippen molar-refractivity contribution in [2.75, 3.05) is 7.11 Å². The van der Waals surface area contributed by atoms with Crippen LogP contribution in [-0.2, 0) is 13.8 Å². The van der Waals surface area contributed by atoms with E-state index in [1.807, 2.05) is 0 Å². The third kappa shape index (κ3) is 2.21. The summed E-state index contributed by atoms with van der Waals surface area (Å²) >= 11 is 0.819. The normalized spacial score (nSPS) is 11.7. The van der Waals surface area contributed by atoms with Gasteiger partial charge in [-0.1, -0.05) is 0 Å². The topological polar surface area (TPSA) is 60.4 Å². The average molecular weight is 309 g/mol. The summed E-state index contributed by atoms with van der Waals surface area (Å²) in [6.45, 7) is 0. The van der Waals surface area contributed by atoms with Crippen molar-refractivity contribution in [2.24, 2.45) is 0 Å². The summed E-state index contributed by atoms with van der Waals surface area (Å²) in [7, 11) is 2.30. The van der Waals surface area contributed by atoms with E-state index in [9.17, 15) is 17.6 Å². The summed E-state index contributed by atoms with van der Waals surface area (Å²) in [4.78, 5) is 11.0. The SMILES string of the molecule is COC(=O)c1sc2cc(F)ccc2c1S(=O)(=O)Cl. The molecule has 8 heteroatoms. The second kappa shape index (κ2) is 4.49. The van der Waals surface area contributed by atoms with Gasteiger partial charge in [0.05, 0.1) is 7.11 Å². The highest BCUT2D eigenvalue weighted by molar-refractivity contribution is 8.14. The minimum Gasteiger partial charge on any atom is -0.465 e. The third-order valence-electron chi connectivity index (χ3n) is 2.22. The van der Waals surface area contributed by atoms with Gasteiger partial charge in [0.25, 0.3) is 9.05 Å². The molecule has 1 aromatic heterocycles. The van der Waals surface area contributed by atoms with Gasteiger partial charge in [-0.2, -0.15) is 0 Å². The van der Waals surface area contributed by atoms with Crippen molar-refractivity contribution in [2.45, 2.75) is 4.90 Å². The van der Waals surface area contributed by atoms with Crippen LogP contribution in [0, 0.1) is 5.82 Å². The number of methoxy groups -OCH3 is 1. The maximum Gasteiger partial charge on any atom is 0.349 e. The number of ether oxygens (including phenoxy) is 1. The van der Waals surface area contributed by atoms with E-state index in [0.29, 0.717) is 4.70 Å². The standard InChI is InChI=1S/C10H6ClFO4S2/c1-16-10(13)8-9(18(11,14)15)6-3-2-5(12)4-7(6)17-8/h2-4H,1H3. The largest absolute Gasteiger partial charge is 0.465 e. The molecule has 0 spiro atoms. The molecule has 18 heavy (non-hydrogen) atoms. The van der Waals surface area contributed by atoms with Crippen molar-refractivity contribution >= 4 is 47.1 Å². The number of benzene rings is 1. The van der Waals surface area contributed by atoms with Gasteiger partial charge in [0.2, 0.25) is 0 Å². The molecular formula is C10H6ClFO4S2. The van der Waals surface area contributed by atoms with E-state index >= 15 is 0 Å². The Balaban J connectivity index is 2.89. The number of hydrogen-bond donors (Lipinski definition) is 0. The number of fused-ring (bicyclic) bond motifs is 1. The van der Waals surface area contributed by atoms with Crippen molar-refractivity contribution in [1.29, 1.82) is 0 Å². The first-order chi connectivity index (χ1) is 8.34. The molecule has 0 radical (unpaired) electrons. The highest BCUT2D eigenvalue weighted by Crippen LogP contribution is 2.37. The van der Waals surface area contributed by atoms with Gasteiger partial charge in [0.1, 0.15) is 15.6 Å². The zero-order chi connectivity index (χ0) is 13.5. The van der Waals surface area contributed by atoms with Crippen LogP contribution in [0.3, 0.4) is 0 Å². The average Bonchev–Trinajstić information content (AvgIpc) is 2.65. The molecule has 0 amide bonds. The Morgan fingerprint density at radius 3 is 2.67 bits per heavy atom. The number of halogens is 2. The van der Waals surface area contributed by atoms with E-state index in [-0.39, 0.29) is 15.2 Å². The second-order valence-corrected chi connectivity index (χ2v) is 6.89. The first-order valence-electron chi connectivity index (χ1n) is 4.59. The second-order valence-electron chi connectivity index (χ2n) is 3.33. The van der Waals surface area contributed by atoms with E-state index < -0.39 is 20.8 Å². The predicted octanol–water partition coefficient (Wildman–Crippen LogP) is 2.75. The van der Waals surface area contributed by atoms with Gasteiger partial charge in [0, 0.05) is 20.8 Å². The Hall–Kier alpha value is -1.18. The van der Waals surface area contributed by atoms with Crippen LogP contribution in [0.2, 0.25) is 0 Å². The van der Waals surface area contributed by atoms with Gasteiger partial charge < -0.3 is 4.74 Å². The van der Waals surface area contributed by atoms with Crippen molar-refractivity contribution in [3.8, 4) is 0 Å². The molecule has 0 aliphatic carbocycles. The van der Waals surface area contributed by atoms with Gasteiger partial charge in [-0.3, -0.25) is 0 Å². The molecule has 4 nitrogen and oxygen atoms in total. The minimum atomic E-state index is -4.13. The van der Waals surface area contributed by atoms with E-state index in [0.717, 1.165) is 30.6 Å². The quantitative estimate of drug-likeness (QED) is 0.632. The summed E-state index contributed by atoms with van der Waals surface area (Å²) in [5, 5.41) is 0.205. The van der Waals surface area contributed by atoms with E-state index in [2.05, 4.69) is 4.74 Å². The number of hydrogen-bond acceptors (Lipinski definition) is 5. The Kier molecular flexibility index (Phi) is 3.31. The van der Waals surface area contributed by atoms with E-state index in [1.165, 1.54) is 6.07 Å².